The summed E-state index contributed by atoms with van der Waals surface area (Å²) in [5, 5.41) is 4.55. The third kappa shape index (κ3) is 2.23. The number of benzene rings is 1. The van der Waals surface area contributed by atoms with Crippen LogP contribution in [0.25, 0.3) is 5.69 Å². The van der Waals surface area contributed by atoms with Crippen molar-refractivity contribution in [1.82, 2.24) is 9.78 Å². The molecule has 0 aliphatic heterocycles. The molecule has 0 N–H and O–H groups in total. The van der Waals surface area contributed by atoms with Crippen molar-refractivity contribution < 1.29 is 4.39 Å². The van der Waals surface area contributed by atoms with Crippen LogP contribution < -0.4 is 0 Å². The molecule has 0 spiro atoms. The minimum absolute atomic E-state index is 0.202. The molecule has 0 amide bonds. The lowest BCUT2D eigenvalue weighted by molar-refractivity contribution is 0.625. The van der Waals surface area contributed by atoms with Crippen molar-refractivity contribution in [2.24, 2.45) is 0 Å². The number of aryl methyl sites for hydroxylation is 3. The third-order valence-electron chi connectivity index (χ3n) is 2.95. The Kier molecular flexibility index (Phi) is 3.27. The highest BCUT2D eigenvalue weighted by Gasteiger charge is 2.09. The van der Waals surface area contributed by atoms with E-state index in [2.05, 4.69) is 25.0 Å². The second-order valence-corrected chi connectivity index (χ2v) is 4.18. The maximum Gasteiger partial charge on any atom is 0.123 e. The molecule has 1 heterocycles. The fourth-order valence-corrected chi connectivity index (χ4v) is 1.96. The van der Waals surface area contributed by atoms with Gasteiger partial charge in [0.25, 0.3) is 0 Å². The van der Waals surface area contributed by atoms with Crippen LogP contribution in [0.5, 0.6) is 0 Å². The number of hydrogen-bond acceptors (Lipinski definition) is 1. The van der Waals surface area contributed by atoms with Gasteiger partial charge in [-0.05, 0) is 49.6 Å². The standard InChI is InChI=1S/C14H17FN2/c1-4-12-9-13(5-2)17(16-12)14-7-6-11(15)8-10(14)3/h6-9H,4-5H2,1-3H3. The zero-order valence-electron chi connectivity index (χ0n) is 10.5. The molecule has 2 aromatic rings. The van der Waals surface area contributed by atoms with Gasteiger partial charge in [-0.1, -0.05) is 13.8 Å². The van der Waals surface area contributed by atoms with Crippen LogP contribution in [0.15, 0.2) is 24.3 Å². The predicted octanol–water partition coefficient (Wildman–Crippen LogP) is 3.44. The van der Waals surface area contributed by atoms with E-state index >= 15 is 0 Å². The van der Waals surface area contributed by atoms with Gasteiger partial charge in [-0.25, -0.2) is 9.07 Å². The molecule has 3 heteroatoms. The van der Waals surface area contributed by atoms with Gasteiger partial charge in [0.05, 0.1) is 11.4 Å². The van der Waals surface area contributed by atoms with Crippen LogP contribution >= 0.6 is 0 Å². The molecule has 90 valence electrons. The van der Waals surface area contributed by atoms with Crippen molar-refractivity contribution in [1.29, 1.82) is 0 Å². The smallest absolute Gasteiger partial charge is 0.123 e. The zero-order valence-corrected chi connectivity index (χ0v) is 10.5. The van der Waals surface area contributed by atoms with E-state index in [4.69, 9.17) is 0 Å². The van der Waals surface area contributed by atoms with Crippen LogP contribution in [-0.4, -0.2) is 9.78 Å². The Hall–Kier alpha value is -1.64. The number of nitrogens with zero attached hydrogens (tertiary/aromatic N) is 2. The maximum absolute atomic E-state index is 13.1. The van der Waals surface area contributed by atoms with Crippen LogP contribution in [-0.2, 0) is 12.8 Å². The molecular weight excluding hydrogens is 215 g/mol. The van der Waals surface area contributed by atoms with Crippen molar-refractivity contribution in [3.05, 3.63) is 47.0 Å². The number of hydrogen-bond donors (Lipinski definition) is 0. The molecule has 0 unspecified atom stereocenters. The summed E-state index contributed by atoms with van der Waals surface area (Å²) in [6, 6.07) is 6.93. The van der Waals surface area contributed by atoms with Crippen LogP contribution in [0.2, 0.25) is 0 Å². The van der Waals surface area contributed by atoms with E-state index in [0.29, 0.717) is 0 Å². The molecule has 0 aliphatic rings. The zero-order chi connectivity index (χ0) is 12.4. The molecule has 0 radical (unpaired) electrons. The molecule has 0 saturated carbocycles. The van der Waals surface area contributed by atoms with E-state index in [-0.39, 0.29) is 5.82 Å². The second-order valence-electron chi connectivity index (χ2n) is 4.18. The summed E-state index contributed by atoms with van der Waals surface area (Å²) in [4.78, 5) is 0. The quantitative estimate of drug-likeness (QED) is 0.792. The van der Waals surface area contributed by atoms with E-state index < -0.39 is 0 Å². The van der Waals surface area contributed by atoms with Gasteiger partial charge in [0, 0.05) is 5.69 Å². The van der Waals surface area contributed by atoms with Crippen LogP contribution in [0, 0.1) is 12.7 Å². The molecule has 0 fully saturated rings. The van der Waals surface area contributed by atoms with E-state index in [1.807, 2.05) is 11.6 Å². The molecule has 0 aliphatic carbocycles. The Labute approximate surface area is 101 Å². The van der Waals surface area contributed by atoms with Crippen LogP contribution in [0.4, 0.5) is 4.39 Å². The number of aromatic nitrogens is 2. The van der Waals surface area contributed by atoms with Crippen molar-refractivity contribution in [2.45, 2.75) is 33.6 Å². The lowest BCUT2D eigenvalue weighted by atomic mass is 10.2. The monoisotopic (exact) mass is 232 g/mol. The lowest BCUT2D eigenvalue weighted by Gasteiger charge is -2.09. The molecule has 2 nitrogen and oxygen atoms in total. The van der Waals surface area contributed by atoms with Gasteiger partial charge in [-0.3, -0.25) is 0 Å². The largest absolute Gasteiger partial charge is 0.237 e. The summed E-state index contributed by atoms with van der Waals surface area (Å²) in [6.07, 6.45) is 1.84. The highest BCUT2D eigenvalue weighted by atomic mass is 19.1. The fraction of sp³-hybridized carbons (Fsp3) is 0.357. The first-order valence-corrected chi connectivity index (χ1v) is 6.00. The Bertz CT molecular complexity index is 529. The molecule has 2 rings (SSSR count). The van der Waals surface area contributed by atoms with Gasteiger partial charge in [-0.15, -0.1) is 0 Å². The van der Waals surface area contributed by atoms with Crippen LogP contribution in [0.3, 0.4) is 0 Å². The molecular formula is C14H17FN2. The van der Waals surface area contributed by atoms with E-state index in [9.17, 15) is 4.39 Å². The lowest BCUT2D eigenvalue weighted by Crippen LogP contribution is -2.04. The topological polar surface area (TPSA) is 17.8 Å². The number of halogens is 1. The highest BCUT2D eigenvalue weighted by molar-refractivity contribution is 5.41. The normalized spacial score (nSPS) is 10.8. The van der Waals surface area contributed by atoms with E-state index in [1.54, 1.807) is 12.1 Å². The molecule has 1 aromatic heterocycles. The summed E-state index contributed by atoms with van der Waals surface area (Å²) in [5.41, 5.74) is 4.11. The minimum atomic E-state index is -0.202. The average molecular weight is 232 g/mol. The first-order valence-electron chi connectivity index (χ1n) is 6.00. The third-order valence-corrected chi connectivity index (χ3v) is 2.95. The van der Waals surface area contributed by atoms with Crippen molar-refractivity contribution in [3.63, 3.8) is 0 Å². The maximum atomic E-state index is 13.1. The SMILES string of the molecule is CCc1cc(CC)n(-c2ccc(F)cc2C)n1. The van der Waals surface area contributed by atoms with E-state index in [1.165, 1.54) is 6.07 Å². The first kappa shape index (κ1) is 11.8. The van der Waals surface area contributed by atoms with Crippen LogP contribution in [0.1, 0.15) is 30.8 Å². The molecule has 0 saturated heterocycles. The summed E-state index contributed by atoms with van der Waals surface area (Å²) < 4.78 is 15.0. The highest BCUT2D eigenvalue weighted by Crippen LogP contribution is 2.18. The molecule has 0 bridgehead atoms. The Morgan fingerprint density at radius 3 is 2.53 bits per heavy atom. The molecule has 17 heavy (non-hydrogen) atoms. The first-order chi connectivity index (χ1) is 8.15. The Morgan fingerprint density at radius 2 is 1.94 bits per heavy atom. The second kappa shape index (κ2) is 4.70. The average Bonchev–Trinajstić information content (AvgIpc) is 2.72. The minimum Gasteiger partial charge on any atom is -0.237 e. The summed E-state index contributed by atoms with van der Waals surface area (Å²) in [5.74, 6) is -0.202. The predicted molar refractivity (Wildman–Crippen MR) is 67.0 cm³/mol. The van der Waals surface area contributed by atoms with Gasteiger partial charge >= 0.3 is 0 Å². The van der Waals surface area contributed by atoms with Gasteiger partial charge < -0.3 is 0 Å². The van der Waals surface area contributed by atoms with Gasteiger partial charge in [-0.2, -0.15) is 5.10 Å². The van der Waals surface area contributed by atoms with Crippen molar-refractivity contribution in [2.75, 3.05) is 0 Å². The van der Waals surface area contributed by atoms with E-state index in [0.717, 1.165) is 35.5 Å². The molecule has 1 aromatic carbocycles. The summed E-state index contributed by atoms with van der Waals surface area (Å²) >= 11 is 0. The number of rotatable bonds is 3. The summed E-state index contributed by atoms with van der Waals surface area (Å²) in [6.45, 7) is 6.10. The Morgan fingerprint density at radius 1 is 1.18 bits per heavy atom. The van der Waals surface area contributed by atoms with Crippen molar-refractivity contribution in [3.8, 4) is 5.69 Å². The fourth-order valence-electron chi connectivity index (χ4n) is 1.96. The Balaban J connectivity index is 2.55. The summed E-state index contributed by atoms with van der Waals surface area (Å²) in [7, 11) is 0. The van der Waals surface area contributed by atoms with Gasteiger partial charge in [0.2, 0.25) is 0 Å². The molecule has 0 atom stereocenters. The van der Waals surface area contributed by atoms with Gasteiger partial charge in [0.15, 0.2) is 0 Å². The van der Waals surface area contributed by atoms with Gasteiger partial charge in [0.1, 0.15) is 5.82 Å². The van der Waals surface area contributed by atoms with Crippen molar-refractivity contribution >= 4 is 0 Å².